The fourth-order valence-electron chi connectivity index (χ4n) is 3.66. The molecule has 168 valence electrons. The number of benzene rings is 2. The lowest BCUT2D eigenvalue weighted by atomic mass is 10.1. The number of carbonyl (C=O) groups is 4. The summed E-state index contributed by atoms with van der Waals surface area (Å²) in [5.41, 5.74) is 1.67. The molecule has 2 aromatic carbocycles. The summed E-state index contributed by atoms with van der Waals surface area (Å²) >= 11 is 6.17. The van der Waals surface area contributed by atoms with Gasteiger partial charge >= 0.3 is 12.0 Å². The van der Waals surface area contributed by atoms with Gasteiger partial charge in [-0.25, -0.2) is 4.79 Å². The molecular formula is C24H20ClN3O5. The Balaban J connectivity index is 1.71. The minimum absolute atomic E-state index is 0.0191. The van der Waals surface area contributed by atoms with Gasteiger partial charge in [-0.05, 0) is 30.7 Å². The zero-order valence-corrected chi connectivity index (χ0v) is 18.5. The number of fused-ring (bicyclic) bond motifs is 1. The molecule has 1 saturated heterocycles. The van der Waals surface area contributed by atoms with Crippen LogP contribution in [-0.2, 0) is 32.2 Å². The lowest BCUT2D eigenvalue weighted by molar-refractivity contribution is -0.143. The third kappa shape index (κ3) is 4.51. The predicted octanol–water partition coefficient (Wildman–Crippen LogP) is 3.52. The Morgan fingerprint density at radius 3 is 2.58 bits per heavy atom. The highest BCUT2D eigenvalue weighted by atomic mass is 35.5. The number of nitrogens with one attached hydrogen (secondary N) is 1. The van der Waals surface area contributed by atoms with Crippen LogP contribution < -0.4 is 5.32 Å². The van der Waals surface area contributed by atoms with Gasteiger partial charge < -0.3 is 9.30 Å². The van der Waals surface area contributed by atoms with E-state index in [1.807, 2.05) is 24.3 Å². The first-order valence-electron chi connectivity index (χ1n) is 10.2. The molecule has 0 saturated carbocycles. The second-order valence-electron chi connectivity index (χ2n) is 7.33. The van der Waals surface area contributed by atoms with Crippen LogP contribution in [0.25, 0.3) is 17.0 Å². The number of carbonyl (C=O) groups excluding carboxylic acids is 4. The molecule has 0 aliphatic carbocycles. The van der Waals surface area contributed by atoms with Crippen molar-refractivity contribution in [2.24, 2.45) is 0 Å². The van der Waals surface area contributed by atoms with Crippen LogP contribution in [-0.4, -0.2) is 39.9 Å². The van der Waals surface area contributed by atoms with Crippen molar-refractivity contribution in [2.75, 3.05) is 6.61 Å². The van der Waals surface area contributed by atoms with Gasteiger partial charge in [0.15, 0.2) is 0 Å². The summed E-state index contributed by atoms with van der Waals surface area (Å²) in [7, 11) is 0. The molecule has 2 heterocycles. The van der Waals surface area contributed by atoms with E-state index >= 15 is 0 Å². The standard InChI is InChI=1S/C24H20ClN3O5/c1-2-33-21(29)14-27-12-16(17-8-4-6-10-20(17)27)11-18-22(30)26-24(32)28(23(18)31)13-15-7-3-5-9-19(15)25/h3-12H,2,13-14H2,1H3,(H,26,30,32)/b18-11+. The first-order valence-corrected chi connectivity index (χ1v) is 10.6. The molecule has 0 atom stereocenters. The number of rotatable bonds is 6. The van der Waals surface area contributed by atoms with Gasteiger partial charge in [-0.3, -0.25) is 24.6 Å². The summed E-state index contributed by atoms with van der Waals surface area (Å²) in [4.78, 5) is 51.0. The first kappa shape index (κ1) is 22.3. The minimum Gasteiger partial charge on any atom is -0.465 e. The number of esters is 1. The van der Waals surface area contributed by atoms with Gasteiger partial charge in [0.25, 0.3) is 11.8 Å². The van der Waals surface area contributed by atoms with Crippen LogP contribution in [0.5, 0.6) is 0 Å². The van der Waals surface area contributed by atoms with E-state index in [4.69, 9.17) is 16.3 Å². The summed E-state index contributed by atoms with van der Waals surface area (Å²) in [6.45, 7) is 1.89. The van der Waals surface area contributed by atoms with Crippen LogP contribution in [0.15, 0.2) is 60.3 Å². The lowest BCUT2D eigenvalue weighted by Gasteiger charge is -2.26. The molecule has 4 amide bonds. The van der Waals surface area contributed by atoms with Crippen LogP contribution in [0, 0.1) is 0 Å². The van der Waals surface area contributed by atoms with Gasteiger partial charge in [0.2, 0.25) is 0 Å². The van der Waals surface area contributed by atoms with Gasteiger partial charge in [-0.2, -0.15) is 0 Å². The summed E-state index contributed by atoms with van der Waals surface area (Å²) < 4.78 is 6.72. The first-order chi connectivity index (χ1) is 15.9. The third-order valence-corrected chi connectivity index (χ3v) is 5.56. The van der Waals surface area contributed by atoms with Crippen molar-refractivity contribution in [2.45, 2.75) is 20.0 Å². The number of amides is 4. The molecule has 1 aromatic heterocycles. The number of para-hydroxylation sites is 1. The minimum atomic E-state index is -0.813. The van der Waals surface area contributed by atoms with Crippen molar-refractivity contribution < 1.29 is 23.9 Å². The number of nitrogens with zero attached hydrogens (tertiary/aromatic N) is 2. The Labute approximate surface area is 194 Å². The average Bonchev–Trinajstić information content (AvgIpc) is 3.12. The van der Waals surface area contributed by atoms with E-state index in [0.29, 0.717) is 16.1 Å². The SMILES string of the molecule is CCOC(=O)Cn1cc(/C=C2\C(=O)NC(=O)N(Cc3ccccc3Cl)C2=O)c2ccccc21. The van der Waals surface area contributed by atoms with E-state index in [-0.39, 0.29) is 25.3 Å². The van der Waals surface area contributed by atoms with Gasteiger partial charge in [0.1, 0.15) is 12.1 Å². The maximum atomic E-state index is 13.1. The Morgan fingerprint density at radius 1 is 1.09 bits per heavy atom. The molecule has 0 bridgehead atoms. The van der Waals surface area contributed by atoms with Crippen molar-refractivity contribution in [3.8, 4) is 0 Å². The molecule has 9 heteroatoms. The smallest absolute Gasteiger partial charge is 0.331 e. The Morgan fingerprint density at radius 2 is 1.82 bits per heavy atom. The molecule has 1 aliphatic rings. The van der Waals surface area contributed by atoms with Crippen molar-refractivity contribution in [3.05, 3.63) is 76.5 Å². The Bertz CT molecular complexity index is 1310. The number of imide groups is 2. The summed E-state index contributed by atoms with van der Waals surface area (Å²) in [6, 6.07) is 13.3. The molecule has 4 rings (SSSR count). The lowest BCUT2D eigenvalue weighted by Crippen LogP contribution is -2.53. The van der Waals surface area contributed by atoms with Crippen molar-refractivity contribution in [1.29, 1.82) is 0 Å². The average molecular weight is 466 g/mol. The zero-order chi connectivity index (χ0) is 23.5. The molecule has 0 unspecified atom stereocenters. The van der Waals surface area contributed by atoms with E-state index < -0.39 is 23.8 Å². The Kier molecular flexibility index (Phi) is 6.28. The molecule has 1 aliphatic heterocycles. The highest BCUT2D eigenvalue weighted by Gasteiger charge is 2.36. The largest absolute Gasteiger partial charge is 0.465 e. The maximum Gasteiger partial charge on any atom is 0.331 e. The molecule has 3 aromatic rings. The summed E-state index contributed by atoms with van der Waals surface area (Å²) in [5.74, 6) is -1.92. The fraction of sp³-hybridized carbons (Fsp3) is 0.167. The highest BCUT2D eigenvalue weighted by molar-refractivity contribution is 6.32. The van der Waals surface area contributed by atoms with Gasteiger partial charge in [-0.15, -0.1) is 0 Å². The van der Waals surface area contributed by atoms with Crippen LogP contribution in [0.4, 0.5) is 4.79 Å². The maximum absolute atomic E-state index is 13.1. The predicted molar refractivity (Wildman–Crippen MR) is 122 cm³/mol. The topological polar surface area (TPSA) is 97.7 Å². The van der Waals surface area contributed by atoms with Gasteiger partial charge in [0.05, 0.1) is 13.2 Å². The van der Waals surface area contributed by atoms with Crippen molar-refractivity contribution >= 4 is 52.4 Å². The third-order valence-electron chi connectivity index (χ3n) is 5.20. The van der Waals surface area contributed by atoms with E-state index in [1.165, 1.54) is 6.08 Å². The second kappa shape index (κ2) is 9.30. The van der Waals surface area contributed by atoms with E-state index in [2.05, 4.69) is 5.32 Å². The van der Waals surface area contributed by atoms with Crippen LogP contribution in [0.2, 0.25) is 5.02 Å². The number of barbiturate groups is 1. The molecule has 8 nitrogen and oxygen atoms in total. The molecule has 1 fully saturated rings. The Hall–Kier alpha value is -3.91. The number of halogens is 1. The van der Waals surface area contributed by atoms with Gasteiger partial charge in [-0.1, -0.05) is 48.0 Å². The van der Waals surface area contributed by atoms with Crippen LogP contribution in [0.3, 0.4) is 0 Å². The van der Waals surface area contributed by atoms with Crippen LogP contribution >= 0.6 is 11.6 Å². The van der Waals surface area contributed by atoms with Crippen molar-refractivity contribution in [1.82, 2.24) is 14.8 Å². The molecule has 0 spiro atoms. The zero-order valence-electron chi connectivity index (χ0n) is 17.7. The van der Waals surface area contributed by atoms with Crippen molar-refractivity contribution in [3.63, 3.8) is 0 Å². The quantitative estimate of drug-likeness (QED) is 0.341. The fourth-order valence-corrected chi connectivity index (χ4v) is 3.85. The molecule has 1 N–H and O–H groups in total. The normalized spacial score (nSPS) is 15.3. The number of aromatic nitrogens is 1. The van der Waals surface area contributed by atoms with Crippen LogP contribution in [0.1, 0.15) is 18.1 Å². The highest BCUT2D eigenvalue weighted by Crippen LogP contribution is 2.26. The van der Waals surface area contributed by atoms with E-state index in [9.17, 15) is 19.2 Å². The number of urea groups is 1. The summed E-state index contributed by atoms with van der Waals surface area (Å²) in [6.07, 6.45) is 3.09. The monoisotopic (exact) mass is 465 g/mol. The summed E-state index contributed by atoms with van der Waals surface area (Å²) in [5, 5.41) is 3.35. The second-order valence-corrected chi connectivity index (χ2v) is 7.74. The number of hydrogen-bond acceptors (Lipinski definition) is 5. The number of ether oxygens (including phenoxy) is 1. The molecule has 33 heavy (non-hydrogen) atoms. The van der Waals surface area contributed by atoms with E-state index in [0.717, 1.165) is 15.8 Å². The van der Waals surface area contributed by atoms with E-state index in [1.54, 1.807) is 42.0 Å². The molecular weight excluding hydrogens is 446 g/mol. The van der Waals surface area contributed by atoms with Gasteiger partial charge in [0, 0.05) is 27.7 Å². The molecule has 0 radical (unpaired) electrons. The number of hydrogen-bond donors (Lipinski definition) is 1.